The van der Waals surface area contributed by atoms with E-state index in [0.29, 0.717) is 17.8 Å². The van der Waals surface area contributed by atoms with Crippen LogP contribution in [0.2, 0.25) is 0 Å². The van der Waals surface area contributed by atoms with Gasteiger partial charge in [0.25, 0.3) is 5.91 Å². The fourth-order valence-electron chi connectivity index (χ4n) is 2.43. The Balaban J connectivity index is 2.08. The molecular formula is C15H22N4O2. The van der Waals surface area contributed by atoms with Crippen LogP contribution >= 0.6 is 0 Å². The summed E-state index contributed by atoms with van der Waals surface area (Å²) in [6.45, 7) is 6.54. The van der Waals surface area contributed by atoms with Gasteiger partial charge in [0.2, 0.25) is 0 Å². The Kier molecular flexibility index (Phi) is 4.18. The minimum atomic E-state index is -0.616. The average Bonchev–Trinajstić information content (AvgIpc) is 2.41. The second kappa shape index (κ2) is 5.73. The molecular weight excluding hydrogens is 268 g/mol. The van der Waals surface area contributed by atoms with Crippen molar-refractivity contribution in [2.24, 2.45) is 5.73 Å². The topological polar surface area (TPSA) is 78.7 Å². The number of piperazine rings is 1. The number of amides is 3. The molecule has 6 heteroatoms. The van der Waals surface area contributed by atoms with E-state index in [1.807, 2.05) is 4.90 Å². The van der Waals surface area contributed by atoms with Crippen molar-refractivity contribution in [3.8, 4) is 0 Å². The molecule has 1 fully saturated rings. The van der Waals surface area contributed by atoms with Crippen molar-refractivity contribution in [3.63, 3.8) is 0 Å². The molecule has 3 N–H and O–H groups in total. The van der Waals surface area contributed by atoms with Gasteiger partial charge < -0.3 is 16.0 Å². The fourth-order valence-corrected chi connectivity index (χ4v) is 2.43. The number of likely N-dealkylation sites (N-methyl/N-ethyl adjacent to an activating group) is 1. The molecule has 0 radical (unpaired) electrons. The Labute approximate surface area is 124 Å². The van der Waals surface area contributed by atoms with Gasteiger partial charge in [-0.3, -0.25) is 9.69 Å². The molecule has 1 heterocycles. The van der Waals surface area contributed by atoms with Crippen LogP contribution in [0, 0.1) is 0 Å². The molecule has 0 atom stereocenters. The molecule has 0 spiro atoms. The number of nitrogens with zero attached hydrogens (tertiary/aromatic N) is 2. The van der Waals surface area contributed by atoms with Crippen LogP contribution in [0.25, 0.3) is 0 Å². The van der Waals surface area contributed by atoms with E-state index >= 15 is 0 Å². The molecule has 1 saturated heterocycles. The van der Waals surface area contributed by atoms with Crippen molar-refractivity contribution < 1.29 is 9.59 Å². The predicted molar refractivity (Wildman–Crippen MR) is 82.3 cm³/mol. The molecule has 1 aromatic carbocycles. The lowest BCUT2D eigenvalue weighted by atomic mass is 9.99. The van der Waals surface area contributed by atoms with E-state index in [1.54, 1.807) is 24.3 Å². The highest BCUT2D eigenvalue weighted by Gasteiger charge is 2.33. The highest BCUT2D eigenvalue weighted by atomic mass is 16.2. The van der Waals surface area contributed by atoms with Gasteiger partial charge in [-0.2, -0.15) is 0 Å². The quantitative estimate of drug-likeness (QED) is 0.863. The largest absolute Gasteiger partial charge is 0.351 e. The number of anilines is 1. The van der Waals surface area contributed by atoms with Crippen LogP contribution in [0.1, 0.15) is 24.2 Å². The third-order valence-corrected chi connectivity index (χ3v) is 4.00. The second-order valence-electron chi connectivity index (χ2n) is 6.03. The summed E-state index contributed by atoms with van der Waals surface area (Å²) in [5.41, 5.74) is 6.22. The zero-order valence-electron chi connectivity index (χ0n) is 12.7. The van der Waals surface area contributed by atoms with Crippen LogP contribution < -0.4 is 11.1 Å². The highest BCUT2D eigenvalue weighted by Crippen LogP contribution is 2.21. The molecule has 1 aliphatic rings. The summed E-state index contributed by atoms with van der Waals surface area (Å²) in [6, 6.07) is 6.16. The van der Waals surface area contributed by atoms with Crippen LogP contribution in [0.4, 0.5) is 10.5 Å². The minimum absolute atomic E-state index is 0.0156. The van der Waals surface area contributed by atoms with Gasteiger partial charge in [-0.05, 0) is 45.2 Å². The number of urea groups is 1. The Hall–Kier alpha value is -2.08. The van der Waals surface area contributed by atoms with E-state index in [4.69, 9.17) is 5.73 Å². The van der Waals surface area contributed by atoms with Gasteiger partial charge in [0, 0.05) is 36.4 Å². The molecule has 21 heavy (non-hydrogen) atoms. The van der Waals surface area contributed by atoms with Crippen molar-refractivity contribution in [1.29, 1.82) is 0 Å². The van der Waals surface area contributed by atoms with Gasteiger partial charge in [-0.15, -0.1) is 0 Å². The van der Waals surface area contributed by atoms with Crippen molar-refractivity contribution in [2.45, 2.75) is 19.4 Å². The van der Waals surface area contributed by atoms with Crippen LogP contribution in [0.15, 0.2) is 24.3 Å². The lowest BCUT2D eigenvalue weighted by Gasteiger charge is -2.45. The first kappa shape index (κ1) is 15.3. The van der Waals surface area contributed by atoms with Crippen molar-refractivity contribution in [3.05, 3.63) is 29.8 Å². The molecule has 1 aromatic rings. The van der Waals surface area contributed by atoms with E-state index in [1.165, 1.54) is 0 Å². The first-order valence-corrected chi connectivity index (χ1v) is 6.96. The summed E-state index contributed by atoms with van der Waals surface area (Å²) in [5, 5.41) is 2.48. The summed E-state index contributed by atoms with van der Waals surface area (Å²) < 4.78 is 0. The van der Waals surface area contributed by atoms with E-state index in [-0.39, 0.29) is 11.4 Å². The zero-order chi connectivity index (χ0) is 15.6. The Morgan fingerprint density at radius 1 is 1.19 bits per heavy atom. The third-order valence-electron chi connectivity index (χ3n) is 4.00. The van der Waals surface area contributed by atoms with E-state index in [0.717, 1.165) is 13.1 Å². The summed E-state index contributed by atoms with van der Waals surface area (Å²) >= 11 is 0. The predicted octanol–water partition coefficient (Wildman–Crippen LogP) is 1.34. The number of carbonyl (C=O) groups is 2. The molecule has 0 bridgehead atoms. The smallest absolute Gasteiger partial charge is 0.316 e. The molecule has 2 rings (SSSR count). The normalized spacial score (nSPS) is 18.3. The van der Waals surface area contributed by atoms with E-state index in [9.17, 15) is 9.59 Å². The Bertz CT molecular complexity index is 539. The van der Waals surface area contributed by atoms with Crippen LogP contribution in [0.3, 0.4) is 0 Å². The van der Waals surface area contributed by atoms with Crippen LogP contribution in [0.5, 0.6) is 0 Å². The van der Waals surface area contributed by atoms with Crippen molar-refractivity contribution in [2.75, 3.05) is 32.0 Å². The number of primary amides is 1. The molecule has 0 saturated carbocycles. The fraction of sp³-hybridized carbons (Fsp3) is 0.467. The second-order valence-corrected chi connectivity index (χ2v) is 6.03. The number of nitrogens with two attached hydrogens (primary N) is 1. The molecule has 6 nitrogen and oxygen atoms in total. The molecule has 0 aromatic heterocycles. The van der Waals surface area contributed by atoms with Crippen LogP contribution in [-0.4, -0.2) is 54.0 Å². The summed E-state index contributed by atoms with van der Waals surface area (Å²) in [4.78, 5) is 27.4. The lowest BCUT2D eigenvalue weighted by molar-refractivity contribution is 0.0311. The van der Waals surface area contributed by atoms with Crippen molar-refractivity contribution >= 4 is 17.6 Å². The maximum absolute atomic E-state index is 12.5. The highest BCUT2D eigenvalue weighted by molar-refractivity contribution is 5.95. The number of hydrogen-bond donors (Lipinski definition) is 2. The Morgan fingerprint density at radius 2 is 1.81 bits per heavy atom. The molecule has 0 unspecified atom stereocenters. The number of benzene rings is 1. The van der Waals surface area contributed by atoms with Gasteiger partial charge in [0.05, 0.1) is 0 Å². The van der Waals surface area contributed by atoms with Crippen LogP contribution in [-0.2, 0) is 0 Å². The standard InChI is InChI=1S/C15H22N4O2/c1-15(2)10-19(9-8-18(15)3)13(20)11-4-6-12(7-5-11)17-14(16)21/h4-7H,8-10H2,1-3H3,(H3,16,17,21). The molecule has 114 valence electrons. The van der Waals surface area contributed by atoms with Gasteiger partial charge in [0.1, 0.15) is 0 Å². The summed E-state index contributed by atoms with van der Waals surface area (Å²) in [6.07, 6.45) is 0. The zero-order valence-corrected chi connectivity index (χ0v) is 12.7. The number of hydrogen-bond acceptors (Lipinski definition) is 3. The minimum Gasteiger partial charge on any atom is -0.351 e. The van der Waals surface area contributed by atoms with E-state index in [2.05, 4.69) is 31.1 Å². The molecule has 1 aliphatic heterocycles. The first-order valence-electron chi connectivity index (χ1n) is 6.96. The first-order chi connectivity index (χ1) is 9.79. The number of carbonyl (C=O) groups excluding carboxylic acids is 2. The average molecular weight is 290 g/mol. The van der Waals surface area contributed by atoms with Crippen molar-refractivity contribution in [1.82, 2.24) is 9.80 Å². The monoisotopic (exact) mass is 290 g/mol. The molecule has 0 aliphatic carbocycles. The Morgan fingerprint density at radius 3 is 2.33 bits per heavy atom. The summed E-state index contributed by atoms with van der Waals surface area (Å²) in [5.74, 6) is 0.0156. The molecule has 3 amide bonds. The van der Waals surface area contributed by atoms with Gasteiger partial charge >= 0.3 is 6.03 Å². The van der Waals surface area contributed by atoms with E-state index < -0.39 is 6.03 Å². The van der Waals surface area contributed by atoms with Gasteiger partial charge in [0.15, 0.2) is 0 Å². The maximum atomic E-state index is 12.5. The van der Waals surface area contributed by atoms with Gasteiger partial charge in [-0.25, -0.2) is 4.79 Å². The number of nitrogens with one attached hydrogen (secondary N) is 1. The van der Waals surface area contributed by atoms with Gasteiger partial charge in [-0.1, -0.05) is 0 Å². The maximum Gasteiger partial charge on any atom is 0.316 e. The summed E-state index contributed by atoms with van der Waals surface area (Å²) in [7, 11) is 2.08. The SMILES string of the molecule is CN1CCN(C(=O)c2ccc(NC(N)=O)cc2)CC1(C)C. The number of rotatable bonds is 2. The lowest BCUT2D eigenvalue weighted by Crippen LogP contribution is -2.58. The third kappa shape index (κ3) is 3.52.